The van der Waals surface area contributed by atoms with Gasteiger partial charge in [0.05, 0.1) is 45.2 Å². The summed E-state index contributed by atoms with van der Waals surface area (Å²) >= 11 is 0. The lowest BCUT2D eigenvalue weighted by Gasteiger charge is -2.22. The van der Waals surface area contributed by atoms with Crippen molar-refractivity contribution in [2.45, 2.75) is 174 Å². The molecule has 61 heavy (non-hydrogen) atoms. The second kappa shape index (κ2) is 27.8. The molecule has 3 amide bonds. The highest BCUT2D eigenvalue weighted by molar-refractivity contribution is 6.16. The molecule has 0 aliphatic rings. The van der Waals surface area contributed by atoms with E-state index in [-0.39, 0.29) is 45.2 Å². The van der Waals surface area contributed by atoms with E-state index in [9.17, 15) is 14.4 Å². The number of para-hydroxylation sites is 3. The molecule has 0 fully saturated rings. The Kier molecular flexibility index (Phi) is 23.0. The maximum absolute atomic E-state index is 13.8. The lowest BCUT2D eigenvalue weighted by Crippen LogP contribution is -2.36. The Morgan fingerprint density at radius 1 is 0.508 bits per heavy atom. The van der Waals surface area contributed by atoms with Crippen LogP contribution in [0.25, 0.3) is 0 Å². The van der Waals surface area contributed by atoms with Crippen molar-refractivity contribution in [3.8, 4) is 17.2 Å². The highest BCUT2D eigenvalue weighted by Crippen LogP contribution is 2.28. The molecule has 0 saturated carbocycles. The van der Waals surface area contributed by atoms with Gasteiger partial charge in [-0.15, -0.1) is 15.3 Å². The van der Waals surface area contributed by atoms with Gasteiger partial charge < -0.3 is 14.2 Å². The third-order valence-electron chi connectivity index (χ3n) is 10.8. The number of azo groups is 3. The molecule has 4 atom stereocenters. The van der Waals surface area contributed by atoms with Gasteiger partial charge in [0.1, 0.15) is 23.3 Å². The average Bonchev–Trinajstić information content (AvgIpc) is 3.28. The minimum Gasteiger partial charge on any atom is -0.490 e. The normalized spacial score (nSPS) is 14.8. The molecule has 0 bridgehead atoms. The van der Waals surface area contributed by atoms with Crippen LogP contribution in [0.5, 0.6) is 17.2 Å². The molecular weight excluding hydrogens is 785 g/mol. The van der Waals surface area contributed by atoms with Crippen LogP contribution < -0.4 is 14.2 Å². The smallest absolute Gasteiger partial charge is 0.298 e. The summed E-state index contributed by atoms with van der Waals surface area (Å²) in [6.07, 6.45) is 14.5. The Labute approximate surface area is 367 Å². The Morgan fingerprint density at radius 3 is 1.13 bits per heavy atom. The first kappa shape index (κ1) is 50.4. The van der Waals surface area contributed by atoms with Crippen molar-refractivity contribution in [2.24, 2.45) is 30.7 Å². The fourth-order valence-corrected chi connectivity index (χ4v) is 6.89. The van der Waals surface area contributed by atoms with Gasteiger partial charge in [0.2, 0.25) is 0 Å². The summed E-state index contributed by atoms with van der Waals surface area (Å²) in [5.74, 6) is -0.646. The van der Waals surface area contributed by atoms with Crippen LogP contribution in [0.15, 0.2) is 103 Å². The van der Waals surface area contributed by atoms with Gasteiger partial charge in [0.25, 0.3) is 17.7 Å². The highest BCUT2D eigenvalue weighted by Gasteiger charge is 2.34. The maximum atomic E-state index is 13.8. The standard InChI is InChI=1S/C48H70N6O6Si/c1-8-14-17-26-36(11-4)58-42-32-23-20-29-39(42)45(55)50-49-35(7)48(61,53-51-46(56)40-30-21-24-33-43(40)59-37(12-5)27-18-15-9-2)54-52-47(57)41-31-22-25-34-44(41)60-38(13-6)28-19-16-10-3/h20-25,29-38H,8-19,26-28H2,1-7,61H3. The van der Waals surface area contributed by atoms with Gasteiger partial charge >= 0.3 is 0 Å². The summed E-state index contributed by atoms with van der Waals surface area (Å²) in [4.78, 5) is 41.2. The van der Waals surface area contributed by atoms with Crippen LogP contribution in [-0.2, 0) is 0 Å². The molecule has 12 nitrogen and oxygen atoms in total. The minimum atomic E-state index is -1.61. The molecule has 3 aromatic rings. The first-order chi connectivity index (χ1) is 29.5. The van der Waals surface area contributed by atoms with Gasteiger partial charge in [-0.25, -0.2) is 0 Å². The second-order valence-electron chi connectivity index (χ2n) is 15.7. The molecule has 13 heteroatoms. The SMILES string of the molecule is CCCCCC(CC)Oc1ccccc1C(=O)N=NC(C)C([SiH3])(N=NC(=O)c1ccccc1OC(CC)CCCCC)N=NC(=O)c1ccccc1OC(CC)CCCCC. The molecule has 0 saturated heterocycles. The predicted molar refractivity (Wildman–Crippen MR) is 246 cm³/mol. The van der Waals surface area contributed by atoms with Crippen LogP contribution in [0, 0.1) is 0 Å². The van der Waals surface area contributed by atoms with Crippen LogP contribution in [0.1, 0.15) is 176 Å². The molecule has 0 aliphatic heterocycles. The number of amides is 3. The summed E-state index contributed by atoms with van der Waals surface area (Å²) in [5.41, 5.74) is 0.760. The van der Waals surface area contributed by atoms with Crippen LogP contribution in [0.2, 0.25) is 0 Å². The van der Waals surface area contributed by atoms with E-state index in [0.29, 0.717) is 17.2 Å². The molecule has 0 aliphatic carbocycles. The number of nitrogens with zero attached hydrogens (tertiary/aromatic N) is 6. The molecule has 0 N–H and O–H groups in total. The van der Waals surface area contributed by atoms with E-state index in [1.165, 1.54) is 0 Å². The topological polar surface area (TPSA) is 153 Å². The van der Waals surface area contributed by atoms with Crippen molar-refractivity contribution in [2.75, 3.05) is 0 Å². The molecule has 0 radical (unpaired) electrons. The largest absolute Gasteiger partial charge is 0.490 e. The summed E-state index contributed by atoms with van der Waals surface area (Å²) in [6.45, 7) is 14.3. The van der Waals surface area contributed by atoms with Crippen LogP contribution in [0.4, 0.5) is 0 Å². The third-order valence-corrected chi connectivity index (χ3v) is 12.0. The molecule has 4 unspecified atom stereocenters. The van der Waals surface area contributed by atoms with E-state index < -0.39 is 29.0 Å². The van der Waals surface area contributed by atoms with Gasteiger partial charge in [0, 0.05) is 0 Å². The molecule has 332 valence electrons. The Hall–Kier alpha value is -4.91. The fourth-order valence-electron chi connectivity index (χ4n) is 6.57. The van der Waals surface area contributed by atoms with Crippen LogP contribution in [-0.4, -0.2) is 57.6 Å². The fraction of sp³-hybridized carbons (Fsp3) is 0.562. The van der Waals surface area contributed by atoms with Gasteiger partial charge in [0.15, 0.2) is 5.29 Å². The van der Waals surface area contributed by atoms with E-state index >= 15 is 0 Å². The number of unbranched alkanes of at least 4 members (excludes halogenated alkanes) is 6. The Bertz CT molecular complexity index is 1800. The van der Waals surface area contributed by atoms with Gasteiger partial charge in [-0.05, 0) is 101 Å². The van der Waals surface area contributed by atoms with E-state index in [1.54, 1.807) is 61.5 Å². The number of carbonyl (C=O) groups is 3. The van der Waals surface area contributed by atoms with Crippen molar-refractivity contribution in [3.05, 3.63) is 89.5 Å². The molecule has 3 rings (SSSR count). The molecule has 0 heterocycles. The van der Waals surface area contributed by atoms with Crippen molar-refractivity contribution in [1.29, 1.82) is 0 Å². The van der Waals surface area contributed by atoms with E-state index in [2.05, 4.69) is 72.2 Å². The third kappa shape index (κ3) is 16.8. The molecule has 0 aromatic heterocycles. The van der Waals surface area contributed by atoms with E-state index in [1.807, 2.05) is 18.2 Å². The molecular formula is C48H70N6O6Si. The summed E-state index contributed by atoms with van der Waals surface area (Å²) in [5, 5.41) is 23.9. The number of ether oxygens (including phenoxy) is 3. The first-order valence-corrected chi connectivity index (χ1v) is 23.7. The number of carbonyl (C=O) groups excluding carboxylic acids is 3. The Balaban J connectivity index is 1.98. The monoisotopic (exact) mass is 855 g/mol. The summed E-state index contributed by atoms with van der Waals surface area (Å²) in [7, 11) is 0.0832. The van der Waals surface area contributed by atoms with Crippen molar-refractivity contribution in [1.82, 2.24) is 0 Å². The lowest BCUT2D eigenvalue weighted by molar-refractivity contribution is 0.0965. The Morgan fingerprint density at radius 2 is 0.820 bits per heavy atom. The zero-order valence-corrected chi connectivity index (χ0v) is 40.0. The van der Waals surface area contributed by atoms with Gasteiger partial charge in [-0.3, -0.25) is 14.4 Å². The minimum absolute atomic E-state index is 0.0459. The van der Waals surface area contributed by atoms with E-state index in [4.69, 9.17) is 14.2 Å². The first-order valence-electron chi connectivity index (χ1n) is 22.7. The zero-order chi connectivity index (χ0) is 44.5. The quantitative estimate of drug-likeness (QED) is 0.0402. The predicted octanol–water partition coefficient (Wildman–Crippen LogP) is 12.5. The summed E-state index contributed by atoms with van der Waals surface area (Å²) < 4.78 is 18.9. The number of hydrogen-bond acceptors (Lipinski definition) is 9. The maximum Gasteiger partial charge on any atom is 0.298 e. The summed E-state index contributed by atoms with van der Waals surface area (Å²) in [6, 6.07) is 19.9. The zero-order valence-electron chi connectivity index (χ0n) is 38.0. The van der Waals surface area contributed by atoms with Crippen molar-refractivity contribution < 1.29 is 28.6 Å². The highest BCUT2D eigenvalue weighted by atomic mass is 28.1. The van der Waals surface area contributed by atoms with Crippen molar-refractivity contribution >= 4 is 28.0 Å². The lowest BCUT2D eigenvalue weighted by atomic mass is 10.1. The van der Waals surface area contributed by atoms with Gasteiger partial charge in [-0.2, -0.15) is 15.3 Å². The van der Waals surface area contributed by atoms with E-state index in [0.717, 1.165) is 96.3 Å². The second-order valence-corrected chi connectivity index (χ2v) is 17.2. The number of benzene rings is 3. The molecule has 0 spiro atoms. The average molecular weight is 855 g/mol. The van der Waals surface area contributed by atoms with Gasteiger partial charge in [-0.1, -0.05) is 116 Å². The molecule has 3 aromatic carbocycles. The van der Waals surface area contributed by atoms with Crippen LogP contribution >= 0.6 is 0 Å². The number of rotatable bonds is 28. The number of hydrogen-bond donors (Lipinski definition) is 0. The van der Waals surface area contributed by atoms with Crippen LogP contribution in [0.3, 0.4) is 0 Å². The van der Waals surface area contributed by atoms with Crippen molar-refractivity contribution in [3.63, 3.8) is 0 Å².